The number of halogens is 1. The van der Waals surface area contributed by atoms with Crippen LogP contribution >= 0.6 is 0 Å². The highest BCUT2D eigenvalue weighted by Crippen LogP contribution is 2.30. The molecule has 1 aromatic carbocycles. The van der Waals surface area contributed by atoms with Crippen molar-refractivity contribution >= 4 is 11.9 Å². The number of hydrogen-bond donors (Lipinski definition) is 2. The van der Waals surface area contributed by atoms with Crippen LogP contribution in [0.2, 0.25) is 0 Å². The SMILES string of the molecule is C[C@H](NC(=O)N1CCC2(CC1)C(=O)NCCCN2C)c1ccc(F)cc1. The van der Waals surface area contributed by atoms with Gasteiger partial charge in [0.25, 0.3) is 0 Å². The van der Waals surface area contributed by atoms with Crippen LogP contribution in [0.25, 0.3) is 0 Å². The summed E-state index contributed by atoms with van der Waals surface area (Å²) < 4.78 is 13.0. The highest BCUT2D eigenvalue weighted by atomic mass is 19.1. The second-order valence-corrected chi connectivity index (χ2v) is 7.27. The van der Waals surface area contributed by atoms with Crippen LogP contribution in [-0.2, 0) is 4.79 Å². The summed E-state index contributed by atoms with van der Waals surface area (Å²) in [5, 5.41) is 5.97. The zero-order valence-electron chi connectivity index (χ0n) is 15.4. The average molecular weight is 362 g/mol. The summed E-state index contributed by atoms with van der Waals surface area (Å²) in [6.45, 7) is 4.55. The molecular weight excluding hydrogens is 335 g/mol. The van der Waals surface area contributed by atoms with Gasteiger partial charge in [0.1, 0.15) is 11.4 Å². The maximum atomic E-state index is 13.0. The molecule has 26 heavy (non-hydrogen) atoms. The number of benzene rings is 1. The fourth-order valence-electron chi connectivity index (χ4n) is 3.87. The number of hydrogen-bond acceptors (Lipinski definition) is 3. The normalized spacial score (nSPS) is 21.8. The minimum atomic E-state index is -0.504. The zero-order valence-corrected chi connectivity index (χ0v) is 15.4. The van der Waals surface area contributed by atoms with E-state index in [4.69, 9.17) is 0 Å². The van der Waals surface area contributed by atoms with E-state index in [-0.39, 0.29) is 23.8 Å². The molecular formula is C19H27FN4O2. The number of carbonyl (C=O) groups excluding carboxylic acids is 2. The molecule has 2 aliphatic heterocycles. The molecule has 1 aromatic rings. The molecule has 2 aliphatic rings. The molecule has 3 rings (SSSR count). The van der Waals surface area contributed by atoms with Crippen LogP contribution in [0.3, 0.4) is 0 Å². The maximum absolute atomic E-state index is 13.0. The van der Waals surface area contributed by atoms with Gasteiger partial charge in [0.2, 0.25) is 5.91 Å². The lowest BCUT2D eigenvalue weighted by atomic mass is 9.85. The maximum Gasteiger partial charge on any atom is 0.317 e. The predicted octanol–water partition coefficient (Wildman–Crippen LogP) is 1.88. The number of rotatable bonds is 2. The van der Waals surface area contributed by atoms with Crippen LogP contribution in [0.5, 0.6) is 0 Å². The minimum Gasteiger partial charge on any atom is -0.354 e. The van der Waals surface area contributed by atoms with Gasteiger partial charge < -0.3 is 15.5 Å². The van der Waals surface area contributed by atoms with E-state index < -0.39 is 5.54 Å². The highest BCUT2D eigenvalue weighted by molar-refractivity contribution is 5.87. The van der Waals surface area contributed by atoms with Gasteiger partial charge in [-0.3, -0.25) is 9.69 Å². The molecule has 7 heteroatoms. The molecule has 6 nitrogen and oxygen atoms in total. The van der Waals surface area contributed by atoms with Crippen molar-refractivity contribution < 1.29 is 14.0 Å². The van der Waals surface area contributed by atoms with Crippen molar-refractivity contribution in [2.45, 2.75) is 37.8 Å². The average Bonchev–Trinajstić information content (AvgIpc) is 2.77. The monoisotopic (exact) mass is 362 g/mol. The van der Waals surface area contributed by atoms with E-state index in [1.165, 1.54) is 12.1 Å². The predicted molar refractivity (Wildman–Crippen MR) is 97.1 cm³/mol. The van der Waals surface area contributed by atoms with Crippen molar-refractivity contribution in [1.82, 2.24) is 20.4 Å². The topological polar surface area (TPSA) is 64.7 Å². The largest absolute Gasteiger partial charge is 0.354 e. The van der Waals surface area contributed by atoms with Crippen molar-refractivity contribution in [2.75, 3.05) is 33.2 Å². The van der Waals surface area contributed by atoms with Crippen LogP contribution in [0.4, 0.5) is 9.18 Å². The van der Waals surface area contributed by atoms with Crippen molar-refractivity contribution in [3.63, 3.8) is 0 Å². The van der Waals surface area contributed by atoms with Gasteiger partial charge in [-0.25, -0.2) is 9.18 Å². The first kappa shape index (κ1) is 18.6. The summed E-state index contributed by atoms with van der Waals surface area (Å²) in [5.74, 6) is -0.211. The van der Waals surface area contributed by atoms with Gasteiger partial charge in [0, 0.05) is 26.2 Å². The smallest absolute Gasteiger partial charge is 0.317 e. The van der Waals surface area contributed by atoms with Gasteiger partial charge in [-0.1, -0.05) is 12.1 Å². The Balaban J connectivity index is 1.59. The summed E-state index contributed by atoms with van der Waals surface area (Å²) in [5.41, 5.74) is 0.353. The lowest BCUT2D eigenvalue weighted by Crippen LogP contribution is -2.62. The van der Waals surface area contributed by atoms with E-state index in [0.29, 0.717) is 32.5 Å². The number of urea groups is 1. The van der Waals surface area contributed by atoms with Crippen LogP contribution in [0.1, 0.15) is 37.8 Å². The molecule has 0 aromatic heterocycles. The number of piperidine rings is 1. The quantitative estimate of drug-likeness (QED) is 0.844. The summed E-state index contributed by atoms with van der Waals surface area (Å²) >= 11 is 0. The molecule has 2 fully saturated rings. The van der Waals surface area contributed by atoms with Crippen molar-refractivity contribution in [3.8, 4) is 0 Å². The van der Waals surface area contributed by atoms with E-state index in [1.807, 2.05) is 14.0 Å². The summed E-state index contributed by atoms with van der Waals surface area (Å²) in [4.78, 5) is 29.0. The van der Waals surface area contributed by atoms with Gasteiger partial charge in [0.15, 0.2) is 0 Å². The molecule has 1 atom stereocenters. The summed E-state index contributed by atoms with van der Waals surface area (Å²) in [7, 11) is 2.00. The molecule has 3 amide bonds. The second-order valence-electron chi connectivity index (χ2n) is 7.27. The molecule has 0 saturated carbocycles. The molecule has 142 valence electrons. The Labute approximate surface area is 153 Å². The Kier molecular flexibility index (Phi) is 5.46. The third kappa shape index (κ3) is 3.67. The molecule has 0 aliphatic carbocycles. The van der Waals surface area contributed by atoms with E-state index in [9.17, 15) is 14.0 Å². The van der Waals surface area contributed by atoms with Crippen molar-refractivity contribution in [3.05, 3.63) is 35.6 Å². The Morgan fingerprint density at radius 2 is 1.88 bits per heavy atom. The Morgan fingerprint density at radius 1 is 1.23 bits per heavy atom. The fraction of sp³-hybridized carbons (Fsp3) is 0.579. The van der Waals surface area contributed by atoms with Crippen LogP contribution in [0, 0.1) is 5.82 Å². The van der Waals surface area contributed by atoms with Gasteiger partial charge in [0.05, 0.1) is 6.04 Å². The third-order valence-electron chi connectivity index (χ3n) is 5.70. The molecule has 0 radical (unpaired) electrons. The first-order valence-electron chi connectivity index (χ1n) is 9.23. The number of nitrogens with zero attached hydrogens (tertiary/aromatic N) is 2. The number of amides is 3. The van der Waals surface area contributed by atoms with Crippen molar-refractivity contribution in [2.24, 2.45) is 0 Å². The zero-order chi connectivity index (χ0) is 18.7. The van der Waals surface area contributed by atoms with Gasteiger partial charge in [-0.05, 0) is 50.9 Å². The first-order valence-corrected chi connectivity index (χ1v) is 9.23. The lowest BCUT2D eigenvalue weighted by molar-refractivity contribution is -0.134. The molecule has 2 N–H and O–H groups in total. The number of nitrogens with one attached hydrogen (secondary N) is 2. The van der Waals surface area contributed by atoms with Crippen molar-refractivity contribution in [1.29, 1.82) is 0 Å². The van der Waals surface area contributed by atoms with E-state index in [2.05, 4.69) is 15.5 Å². The lowest BCUT2D eigenvalue weighted by Gasteiger charge is -2.45. The number of likely N-dealkylation sites (tertiary alicyclic amines) is 1. The standard InChI is InChI=1S/C19H27FN4O2/c1-14(15-4-6-16(20)7-5-15)22-18(26)24-12-8-19(9-13-24)17(25)21-10-3-11-23(19)2/h4-7,14H,3,8-13H2,1-2H3,(H,21,25)(H,22,26)/t14-/m0/s1. The first-order chi connectivity index (χ1) is 12.4. The Bertz CT molecular complexity index is 656. The third-order valence-corrected chi connectivity index (χ3v) is 5.70. The van der Waals surface area contributed by atoms with E-state index in [0.717, 1.165) is 18.5 Å². The fourth-order valence-corrected chi connectivity index (χ4v) is 3.87. The van der Waals surface area contributed by atoms with Crippen LogP contribution in [-0.4, -0.2) is 60.5 Å². The molecule has 0 unspecified atom stereocenters. The second kappa shape index (κ2) is 7.61. The van der Waals surface area contributed by atoms with E-state index in [1.54, 1.807) is 17.0 Å². The van der Waals surface area contributed by atoms with Crippen LogP contribution in [0.15, 0.2) is 24.3 Å². The molecule has 2 heterocycles. The Hall–Kier alpha value is -2.15. The summed E-state index contributed by atoms with van der Waals surface area (Å²) in [6, 6.07) is 5.79. The van der Waals surface area contributed by atoms with Gasteiger partial charge in [-0.2, -0.15) is 0 Å². The van der Waals surface area contributed by atoms with Crippen LogP contribution < -0.4 is 10.6 Å². The minimum absolute atomic E-state index is 0.0808. The number of likely N-dealkylation sites (N-methyl/N-ethyl adjacent to an activating group) is 1. The molecule has 1 spiro atoms. The number of carbonyl (C=O) groups is 2. The molecule has 0 bridgehead atoms. The Morgan fingerprint density at radius 3 is 2.54 bits per heavy atom. The highest BCUT2D eigenvalue weighted by Gasteiger charge is 2.46. The van der Waals surface area contributed by atoms with Gasteiger partial charge >= 0.3 is 6.03 Å². The molecule has 2 saturated heterocycles. The van der Waals surface area contributed by atoms with E-state index >= 15 is 0 Å². The van der Waals surface area contributed by atoms with Gasteiger partial charge in [-0.15, -0.1) is 0 Å². The summed E-state index contributed by atoms with van der Waals surface area (Å²) in [6.07, 6.45) is 2.21.